The number of benzene rings is 2. The molecule has 0 aliphatic heterocycles. The summed E-state index contributed by atoms with van der Waals surface area (Å²) in [5.74, 6) is -0.229. The Labute approximate surface area is 112 Å². The number of nitrogens with one attached hydrogen (secondary N) is 1. The van der Waals surface area contributed by atoms with E-state index in [4.69, 9.17) is 0 Å². The molecule has 1 unspecified atom stereocenters. The lowest BCUT2D eigenvalue weighted by atomic mass is 10.0. The summed E-state index contributed by atoms with van der Waals surface area (Å²) in [5.41, 5.74) is 1.60. The monoisotopic (exact) mass is 259 g/mol. The van der Waals surface area contributed by atoms with Crippen LogP contribution in [-0.4, -0.2) is 11.7 Å². The number of hydrogen-bond acceptors (Lipinski definition) is 2. The molecule has 0 aliphatic carbocycles. The molecule has 0 amide bonds. The van der Waals surface area contributed by atoms with E-state index in [-0.39, 0.29) is 24.5 Å². The Kier molecular flexibility index (Phi) is 4.66. The average molecular weight is 259 g/mol. The van der Waals surface area contributed by atoms with E-state index in [1.807, 2.05) is 43.3 Å². The molecule has 2 nitrogen and oxygen atoms in total. The van der Waals surface area contributed by atoms with E-state index in [2.05, 4.69) is 5.32 Å². The van der Waals surface area contributed by atoms with E-state index in [0.717, 1.165) is 5.56 Å². The van der Waals surface area contributed by atoms with Crippen molar-refractivity contribution in [2.75, 3.05) is 6.61 Å². The highest BCUT2D eigenvalue weighted by molar-refractivity contribution is 5.23. The normalized spacial score (nSPS) is 14.1. The lowest BCUT2D eigenvalue weighted by Crippen LogP contribution is -2.27. The van der Waals surface area contributed by atoms with Gasteiger partial charge in [-0.1, -0.05) is 48.5 Å². The molecule has 0 aromatic heterocycles. The number of aliphatic hydroxyl groups is 1. The molecule has 0 saturated carbocycles. The Morgan fingerprint density at radius 3 is 2.32 bits per heavy atom. The molecule has 2 aromatic carbocycles. The van der Waals surface area contributed by atoms with E-state index in [0.29, 0.717) is 5.56 Å². The van der Waals surface area contributed by atoms with E-state index >= 15 is 0 Å². The fourth-order valence-corrected chi connectivity index (χ4v) is 2.16. The number of halogens is 1. The van der Waals surface area contributed by atoms with Gasteiger partial charge in [0.05, 0.1) is 12.6 Å². The van der Waals surface area contributed by atoms with Crippen LogP contribution in [0.5, 0.6) is 0 Å². The van der Waals surface area contributed by atoms with Crippen molar-refractivity contribution in [1.29, 1.82) is 0 Å². The average Bonchev–Trinajstić information content (AvgIpc) is 2.46. The van der Waals surface area contributed by atoms with Crippen molar-refractivity contribution in [3.05, 3.63) is 71.5 Å². The maximum Gasteiger partial charge on any atom is 0.127 e. The first-order valence-electron chi connectivity index (χ1n) is 6.38. The molecule has 2 N–H and O–H groups in total. The summed E-state index contributed by atoms with van der Waals surface area (Å²) in [4.78, 5) is 0. The zero-order chi connectivity index (χ0) is 13.7. The fraction of sp³-hybridized carbons (Fsp3) is 0.250. The van der Waals surface area contributed by atoms with Crippen LogP contribution in [0.2, 0.25) is 0 Å². The van der Waals surface area contributed by atoms with Gasteiger partial charge < -0.3 is 10.4 Å². The third-order valence-electron chi connectivity index (χ3n) is 3.21. The van der Waals surface area contributed by atoms with Gasteiger partial charge in [-0.2, -0.15) is 0 Å². The second kappa shape index (κ2) is 6.45. The summed E-state index contributed by atoms with van der Waals surface area (Å²) in [6.07, 6.45) is 0. The topological polar surface area (TPSA) is 32.3 Å². The van der Waals surface area contributed by atoms with Gasteiger partial charge in [-0.05, 0) is 18.6 Å². The third-order valence-corrected chi connectivity index (χ3v) is 3.21. The van der Waals surface area contributed by atoms with Crippen molar-refractivity contribution >= 4 is 0 Å². The fourth-order valence-electron chi connectivity index (χ4n) is 2.16. The van der Waals surface area contributed by atoms with Crippen LogP contribution in [0, 0.1) is 5.82 Å². The molecule has 0 aliphatic rings. The highest BCUT2D eigenvalue weighted by Gasteiger charge is 2.16. The molecule has 3 heteroatoms. The Balaban J connectivity index is 2.13. The molecule has 2 rings (SSSR count). The Hall–Kier alpha value is -1.71. The molecule has 100 valence electrons. The van der Waals surface area contributed by atoms with Crippen molar-refractivity contribution in [3.8, 4) is 0 Å². The zero-order valence-corrected chi connectivity index (χ0v) is 10.9. The first-order valence-corrected chi connectivity index (χ1v) is 6.38. The standard InChI is InChI=1S/C16H18FNO/c1-12(14-9-5-6-10-15(14)17)18-16(11-19)13-7-3-2-4-8-13/h2-10,12,16,18-19H,11H2,1H3/t12?,16-/m0/s1. The van der Waals surface area contributed by atoms with Gasteiger partial charge in [0.1, 0.15) is 5.82 Å². The molecule has 0 heterocycles. The molecule has 19 heavy (non-hydrogen) atoms. The van der Waals surface area contributed by atoms with Gasteiger partial charge >= 0.3 is 0 Å². The maximum absolute atomic E-state index is 13.7. The molecule has 0 saturated heterocycles. The minimum Gasteiger partial charge on any atom is -0.394 e. The van der Waals surface area contributed by atoms with Crippen LogP contribution in [0.15, 0.2) is 54.6 Å². The van der Waals surface area contributed by atoms with Gasteiger partial charge in [0.2, 0.25) is 0 Å². The van der Waals surface area contributed by atoms with E-state index in [1.54, 1.807) is 12.1 Å². The first-order chi connectivity index (χ1) is 9.22. The van der Waals surface area contributed by atoms with Gasteiger partial charge in [-0.25, -0.2) is 4.39 Å². The third kappa shape index (κ3) is 3.40. The Morgan fingerprint density at radius 2 is 1.68 bits per heavy atom. The quantitative estimate of drug-likeness (QED) is 0.864. The lowest BCUT2D eigenvalue weighted by Gasteiger charge is -2.22. The van der Waals surface area contributed by atoms with E-state index in [1.165, 1.54) is 6.07 Å². The van der Waals surface area contributed by atoms with Crippen molar-refractivity contribution in [1.82, 2.24) is 5.32 Å². The van der Waals surface area contributed by atoms with Crippen LogP contribution >= 0.6 is 0 Å². The van der Waals surface area contributed by atoms with Crippen molar-refractivity contribution in [3.63, 3.8) is 0 Å². The largest absolute Gasteiger partial charge is 0.394 e. The van der Waals surface area contributed by atoms with Crippen LogP contribution in [0.25, 0.3) is 0 Å². The van der Waals surface area contributed by atoms with Crippen molar-refractivity contribution in [2.45, 2.75) is 19.0 Å². The molecule has 0 fully saturated rings. The number of rotatable bonds is 5. The predicted octanol–water partition coefficient (Wildman–Crippen LogP) is 3.21. The van der Waals surface area contributed by atoms with Crippen molar-refractivity contribution in [2.24, 2.45) is 0 Å². The molecule has 0 radical (unpaired) electrons. The van der Waals surface area contributed by atoms with Crippen molar-refractivity contribution < 1.29 is 9.50 Å². The predicted molar refractivity (Wildman–Crippen MR) is 74.2 cm³/mol. The molecule has 0 spiro atoms. The van der Waals surface area contributed by atoms with E-state index < -0.39 is 0 Å². The molecule has 2 atom stereocenters. The van der Waals surface area contributed by atoms with Gasteiger partial charge in [0, 0.05) is 11.6 Å². The lowest BCUT2D eigenvalue weighted by molar-refractivity contribution is 0.234. The highest BCUT2D eigenvalue weighted by atomic mass is 19.1. The summed E-state index contributed by atoms with van der Waals surface area (Å²) >= 11 is 0. The Morgan fingerprint density at radius 1 is 1.05 bits per heavy atom. The minimum atomic E-state index is -0.229. The highest BCUT2D eigenvalue weighted by Crippen LogP contribution is 2.21. The summed E-state index contributed by atoms with van der Waals surface area (Å²) in [7, 11) is 0. The van der Waals surface area contributed by atoms with Gasteiger partial charge in [0.25, 0.3) is 0 Å². The smallest absolute Gasteiger partial charge is 0.127 e. The minimum absolute atomic E-state index is 0.0250. The van der Waals surface area contributed by atoms with Crippen LogP contribution in [0.1, 0.15) is 30.1 Å². The summed E-state index contributed by atoms with van der Waals surface area (Å²) < 4.78 is 13.7. The van der Waals surface area contributed by atoms with Gasteiger partial charge in [-0.15, -0.1) is 0 Å². The molecular formula is C16H18FNO. The maximum atomic E-state index is 13.7. The van der Waals surface area contributed by atoms with Crippen LogP contribution in [0.4, 0.5) is 4.39 Å². The number of aliphatic hydroxyl groups excluding tert-OH is 1. The van der Waals surface area contributed by atoms with Crippen LogP contribution in [0.3, 0.4) is 0 Å². The zero-order valence-electron chi connectivity index (χ0n) is 10.9. The second-order valence-electron chi connectivity index (χ2n) is 4.56. The summed E-state index contributed by atoms with van der Waals surface area (Å²) in [6, 6.07) is 16.0. The second-order valence-corrected chi connectivity index (χ2v) is 4.56. The SMILES string of the molecule is CC(N[C@@H](CO)c1ccccc1)c1ccccc1F. The van der Waals surface area contributed by atoms with Crippen LogP contribution in [-0.2, 0) is 0 Å². The molecule has 0 bridgehead atoms. The summed E-state index contributed by atoms with van der Waals surface area (Å²) in [6.45, 7) is 1.87. The van der Waals surface area contributed by atoms with Crippen LogP contribution < -0.4 is 5.32 Å². The van der Waals surface area contributed by atoms with E-state index in [9.17, 15) is 9.50 Å². The van der Waals surface area contributed by atoms with Gasteiger partial charge in [0.15, 0.2) is 0 Å². The summed E-state index contributed by atoms with van der Waals surface area (Å²) in [5, 5.41) is 12.7. The molecule has 2 aromatic rings. The van der Waals surface area contributed by atoms with Gasteiger partial charge in [-0.3, -0.25) is 0 Å². The Bertz CT molecular complexity index is 515. The first kappa shape index (κ1) is 13.7. The number of hydrogen-bond donors (Lipinski definition) is 2. The molecular weight excluding hydrogens is 241 g/mol.